The van der Waals surface area contributed by atoms with E-state index in [0.717, 1.165) is 42.5 Å². The van der Waals surface area contributed by atoms with Gasteiger partial charge >= 0.3 is 0 Å². The van der Waals surface area contributed by atoms with Crippen molar-refractivity contribution in [3.8, 4) is 6.07 Å². The molecule has 0 unspecified atom stereocenters. The van der Waals surface area contributed by atoms with E-state index in [-0.39, 0.29) is 12.4 Å². The van der Waals surface area contributed by atoms with Gasteiger partial charge in [-0.3, -0.25) is 0 Å². The molecule has 0 aromatic carbocycles. The van der Waals surface area contributed by atoms with Crippen LogP contribution in [0, 0.1) is 17.2 Å². The maximum Gasteiger partial charge on any atom is 0.138 e. The smallest absolute Gasteiger partial charge is 0.138 e. The Hall–Kier alpha value is -1.84. The lowest BCUT2D eigenvalue weighted by molar-refractivity contribution is 0.175. The molecule has 1 aliphatic carbocycles. The molecule has 0 radical (unpaired) electrons. The lowest BCUT2D eigenvalue weighted by Gasteiger charge is -2.30. The number of fused-ring (bicyclic) bond motifs is 1. The monoisotopic (exact) mass is 349 g/mol. The van der Waals surface area contributed by atoms with Crippen molar-refractivity contribution in [2.75, 3.05) is 12.4 Å². The number of nitrogens with zero attached hydrogens (tertiary/aromatic N) is 4. The van der Waals surface area contributed by atoms with Crippen LogP contribution in [-0.4, -0.2) is 26.7 Å². The van der Waals surface area contributed by atoms with E-state index < -0.39 is 6.10 Å². The van der Waals surface area contributed by atoms with Crippen LogP contribution in [0.1, 0.15) is 57.0 Å². The highest BCUT2D eigenvalue weighted by molar-refractivity contribution is 5.85. The summed E-state index contributed by atoms with van der Waals surface area (Å²) in [5, 5.41) is 22.1. The highest BCUT2D eigenvalue weighted by Crippen LogP contribution is 2.37. The second kappa shape index (κ2) is 7.82. The Morgan fingerprint density at radius 1 is 1.42 bits per heavy atom. The van der Waals surface area contributed by atoms with Crippen LogP contribution in [0.3, 0.4) is 0 Å². The Bertz CT molecular complexity index is 728. The van der Waals surface area contributed by atoms with Gasteiger partial charge < -0.3 is 15.0 Å². The van der Waals surface area contributed by atoms with Gasteiger partial charge in [-0.2, -0.15) is 5.26 Å². The number of halogens is 1. The topological polar surface area (TPSA) is 86.8 Å². The van der Waals surface area contributed by atoms with Gasteiger partial charge in [-0.15, -0.1) is 12.4 Å². The van der Waals surface area contributed by atoms with Crippen LogP contribution < -0.4 is 5.32 Å². The minimum absolute atomic E-state index is 0. The first-order valence-electron chi connectivity index (χ1n) is 8.24. The van der Waals surface area contributed by atoms with E-state index in [4.69, 9.17) is 5.26 Å². The van der Waals surface area contributed by atoms with Gasteiger partial charge in [-0.1, -0.05) is 0 Å². The standard InChI is InChI=1S/C17H23N5O.ClH/c1-11(23)17-21-14-10-20-16(19-2)9-15(14)22(17)13-5-3-12(4-6-13)7-8-18;/h9-13,23H,3-7H2,1-2H3,(H,19,20);1H/t11-,12?,13?;/m1./s1. The van der Waals surface area contributed by atoms with Crippen molar-refractivity contribution < 1.29 is 5.11 Å². The molecule has 7 heteroatoms. The van der Waals surface area contributed by atoms with Crippen LogP contribution in [0.2, 0.25) is 0 Å². The highest BCUT2D eigenvalue weighted by Gasteiger charge is 2.27. The molecule has 3 rings (SSSR count). The van der Waals surface area contributed by atoms with Gasteiger partial charge in [0.25, 0.3) is 0 Å². The van der Waals surface area contributed by atoms with E-state index in [1.54, 1.807) is 13.1 Å². The third-order valence-electron chi connectivity index (χ3n) is 4.79. The number of hydrogen-bond acceptors (Lipinski definition) is 5. The quantitative estimate of drug-likeness (QED) is 0.880. The first-order valence-corrected chi connectivity index (χ1v) is 8.24. The minimum atomic E-state index is -0.614. The van der Waals surface area contributed by atoms with Crippen LogP contribution in [0.25, 0.3) is 11.0 Å². The van der Waals surface area contributed by atoms with E-state index in [2.05, 4.69) is 25.9 Å². The Kier molecular flexibility index (Phi) is 6.03. The Morgan fingerprint density at radius 3 is 2.71 bits per heavy atom. The summed E-state index contributed by atoms with van der Waals surface area (Å²) < 4.78 is 2.19. The maximum absolute atomic E-state index is 10.1. The van der Waals surface area contributed by atoms with Gasteiger partial charge in [0.2, 0.25) is 0 Å². The van der Waals surface area contributed by atoms with E-state index >= 15 is 0 Å². The molecule has 24 heavy (non-hydrogen) atoms. The Balaban J connectivity index is 0.00000208. The number of pyridine rings is 1. The summed E-state index contributed by atoms with van der Waals surface area (Å²) in [6.45, 7) is 1.76. The van der Waals surface area contributed by atoms with Gasteiger partial charge in [0.1, 0.15) is 23.3 Å². The predicted molar refractivity (Wildman–Crippen MR) is 96.2 cm³/mol. The molecule has 130 valence electrons. The number of aliphatic hydroxyl groups is 1. The average Bonchev–Trinajstić information content (AvgIpc) is 2.94. The molecule has 2 aromatic rings. The molecule has 0 bridgehead atoms. The molecule has 0 amide bonds. The van der Waals surface area contributed by atoms with Crippen LogP contribution >= 0.6 is 12.4 Å². The number of nitrogens with one attached hydrogen (secondary N) is 1. The number of aliphatic hydroxyl groups excluding tert-OH is 1. The average molecular weight is 350 g/mol. The molecule has 1 saturated carbocycles. The summed E-state index contributed by atoms with van der Waals surface area (Å²) in [6, 6.07) is 4.61. The van der Waals surface area contributed by atoms with Crippen LogP contribution in [0.4, 0.5) is 5.82 Å². The van der Waals surface area contributed by atoms with Crippen LogP contribution in [0.5, 0.6) is 0 Å². The Morgan fingerprint density at radius 2 is 2.12 bits per heavy atom. The van der Waals surface area contributed by atoms with Gasteiger partial charge in [0, 0.05) is 25.6 Å². The molecule has 0 saturated heterocycles. The zero-order valence-corrected chi connectivity index (χ0v) is 14.9. The summed E-state index contributed by atoms with van der Waals surface area (Å²) in [7, 11) is 1.84. The number of nitriles is 1. The Labute approximate surface area is 148 Å². The van der Waals surface area contributed by atoms with Crippen molar-refractivity contribution in [1.82, 2.24) is 14.5 Å². The van der Waals surface area contributed by atoms with Gasteiger partial charge in [0.15, 0.2) is 0 Å². The fourth-order valence-electron chi connectivity index (χ4n) is 3.57. The van der Waals surface area contributed by atoms with Crippen molar-refractivity contribution in [2.45, 2.75) is 51.2 Å². The molecule has 1 atom stereocenters. The highest BCUT2D eigenvalue weighted by atomic mass is 35.5. The van der Waals surface area contributed by atoms with Gasteiger partial charge in [0.05, 0.1) is 17.8 Å². The number of rotatable bonds is 4. The first-order chi connectivity index (χ1) is 11.1. The molecule has 2 N–H and O–H groups in total. The largest absolute Gasteiger partial charge is 0.385 e. The van der Waals surface area contributed by atoms with Crippen molar-refractivity contribution >= 4 is 29.3 Å². The zero-order valence-electron chi connectivity index (χ0n) is 14.1. The SMILES string of the molecule is CNc1cc2c(cn1)nc([C@@H](C)O)n2C1CCC(CC#N)CC1.Cl. The van der Waals surface area contributed by atoms with E-state index in [1.807, 2.05) is 13.1 Å². The fourth-order valence-corrected chi connectivity index (χ4v) is 3.57. The van der Waals surface area contributed by atoms with Crippen molar-refractivity contribution in [1.29, 1.82) is 5.26 Å². The summed E-state index contributed by atoms with van der Waals surface area (Å²) in [5.41, 5.74) is 1.84. The molecular weight excluding hydrogens is 326 g/mol. The maximum atomic E-state index is 10.1. The predicted octanol–water partition coefficient (Wildman–Crippen LogP) is 3.59. The summed E-state index contributed by atoms with van der Waals surface area (Å²) in [5.74, 6) is 2.02. The van der Waals surface area contributed by atoms with Crippen molar-refractivity contribution in [3.05, 3.63) is 18.1 Å². The zero-order chi connectivity index (χ0) is 16.4. The van der Waals surface area contributed by atoms with Crippen molar-refractivity contribution in [2.24, 2.45) is 5.92 Å². The third-order valence-corrected chi connectivity index (χ3v) is 4.79. The van der Waals surface area contributed by atoms with E-state index in [0.29, 0.717) is 24.2 Å². The van der Waals surface area contributed by atoms with Gasteiger partial charge in [-0.05, 0) is 38.5 Å². The number of aromatic nitrogens is 3. The molecule has 2 aromatic heterocycles. The molecule has 1 aliphatic rings. The third kappa shape index (κ3) is 3.47. The first kappa shape index (κ1) is 18.5. The van der Waals surface area contributed by atoms with Gasteiger partial charge in [-0.25, -0.2) is 9.97 Å². The van der Waals surface area contributed by atoms with Crippen LogP contribution in [-0.2, 0) is 0 Å². The van der Waals surface area contributed by atoms with E-state index in [9.17, 15) is 5.11 Å². The second-order valence-corrected chi connectivity index (χ2v) is 6.36. The number of imidazole rings is 1. The van der Waals surface area contributed by atoms with Crippen molar-refractivity contribution in [3.63, 3.8) is 0 Å². The molecule has 0 spiro atoms. The normalized spacial score (nSPS) is 21.8. The summed E-state index contributed by atoms with van der Waals surface area (Å²) >= 11 is 0. The second-order valence-electron chi connectivity index (χ2n) is 6.36. The number of anilines is 1. The number of hydrogen-bond donors (Lipinski definition) is 2. The molecule has 6 nitrogen and oxygen atoms in total. The lowest BCUT2D eigenvalue weighted by Crippen LogP contribution is -2.20. The fraction of sp³-hybridized carbons (Fsp3) is 0.588. The molecular formula is C17H24ClN5O. The van der Waals surface area contributed by atoms with E-state index in [1.165, 1.54) is 0 Å². The molecule has 0 aliphatic heterocycles. The molecule has 1 fully saturated rings. The summed E-state index contributed by atoms with van der Waals surface area (Å²) in [6.07, 6.45) is 5.95. The molecule has 2 heterocycles. The minimum Gasteiger partial charge on any atom is -0.385 e. The lowest BCUT2D eigenvalue weighted by atomic mass is 9.84. The van der Waals surface area contributed by atoms with Crippen LogP contribution in [0.15, 0.2) is 12.3 Å². The summed E-state index contributed by atoms with van der Waals surface area (Å²) in [4.78, 5) is 8.90.